The Kier molecular flexibility index (Phi) is 3.23. The standard InChI is InChI=1S/C18H24O/c1-12(2)18(6)13(3)17(4,5)15-8-7-14(9-10-19)11-16(15)18/h7-9,11-13H,1-6H3. The van der Waals surface area contributed by atoms with E-state index in [0.29, 0.717) is 11.8 Å². The van der Waals surface area contributed by atoms with Gasteiger partial charge in [-0.25, -0.2) is 4.79 Å². The first kappa shape index (κ1) is 14.1. The lowest BCUT2D eigenvalue weighted by Crippen LogP contribution is -2.37. The third kappa shape index (κ3) is 1.80. The van der Waals surface area contributed by atoms with E-state index in [9.17, 15) is 4.79 Å². The van der Waals surface area contributed by atoms with Gasteiger partial charge in [0, 0.05) is 6.08 Å². The first-order valence-electron chi connectivity index (χ1n) is 7.12. The Morgan fingerprint density at radius 1 is 1.21 bits per heavy atom. The van der Waals surface area contributed by atoms with Gasteiger partial charge in [0.1, 0.15) is 5.94 Å². The second-order valence-corrected chi connectivity index (χ2v) is 6.95. The second-order valence-electron chi connectivity index (χ2n) is 6.95. The number of rotatable bonds is 2. The Bertz CT molecular complexity index is 547. The van der Waals surface area contributed by atoms with Crippen LogP contribution >= 0.6 is 0 Å². The highest BCUT2D eigenvalue weighted by Crippen LogP contribution is 2.56. The molecule has 0 radical (unpaired) electrons. The van der Waals surface area contributed by atoms with E-state index >= 15 is 0 Å². The molecule has 0 aliphatic heterocycles. The summed E-state index contributed by atoms with van der Waals surface area (Å²) in [4.78, 5) is 10.6. The van der Waals surface area contributed by atoms with E-state index in [1.165, 1.54) is 17.2 Å². The van der Waals surface area contributed by atoms with E-state index in [4.69, 9.17) is 0 Å². The fraction of sp³-hybridized carbons (Fsp3) is 0.556. The van der Waals surface area contributed by atoms with Crippen molar-refractivity contribution in [2.45, 2.75) is 52.4 Å². The third-order valence-electron chi connectivity index (χ3n) is 5.73. The smallest absolute Gasteiger partial charge is 0.125 e. The molecule has 0 bridgehead atoms. The van der Waals surface area contributed by atoms with Gasteiger partial charge < -0.3 is 0 Å². The second kappa shape index (κ2) is 4.35. The average molecular weight is 256 g/mol. The van der Waals surface area contributed by atoms with Crippen molar-refractivity contribution in [3.8, 4) is 0 Å². The minimum atomic E-state index is 0.158. The molecule has 1 nitrogen and oxygen atoms in total. The quantitative estimate of drug-likeness (QED) is 0.718. The zero-order chi connectivity index (χ0) is 14.4. The summed E-state index contributed by atoms with van der Waals surface area (Å²) in [6.07, 6.45) is 1.52. The van der Waals surface area contributed by atoms with Crippen LogP contribution in [-0.4, -0.2) is 5.94 Å². The molecule has 1 heteroatoms. The van der Waals surface area contributed by atoms with Crippen molar-refractivity contribution in [3.63, 3.8) is 0 Å². The van der Waals surface area contributed by atoms with Crippen LogP contribution in [0, 0.1) is 11.8 Å². The highest BCUT2D eigenvalue weighted by molar-refractivity contribution is 5.75. The van der Waals surface area contributed by atoms with Gasteiger partial charge in [0.05, 0.1) is 0 Å². The first-order chi connectivity index (χ1) is 8.76. The molecule has 19 heavy (non-hydrogen) atoms. The molecule has 0 amide bonds. The lowest BCUT2D eigenvalue weighted by atomic mass is 9.65. The molecule has 0 fully saturated rings. The van der Waals surface area contributed by atoms with E-state index in [1.54, 1.807) is 0 Å². The van der Waals surface area contributed by atoms with E-state index in [0.717, 1.165) is 5.56 Å². The summed E-state index contributed by atoms with van der Waals surface area (Å²) in [5.41, 5.74) is 4.14. The molecule has 1 aliphatic rings. The lowest BCUT2D eigenvalue weighted by molar-refractivity contribution is 0.188. The van der Waals surface area contributed by atoms with Gasteiger partial charge >= 0.3 is 0 Å². The van der Waals surface area contributed by atoms with E-state index in [2.05, 4.69) is 53.7 Å². The summed E-state index contributed by atoms with van der Waals surface area (Å²) in [6.45, 7) is 14.0. The Morgan fingerprint density at radius 2 is 1.84 bits per heavy atom. The maximum atomic E-state index is 10.6. The highest BCUT2D eigenvalue weighted by Gasteiger charge is 2.52. The zero-order valence-corrected chi connectivity index (χ0v) is 12.9. The zero-order valence-electron chi connectivity index (χ0n) is 12.9. The Balaban J connectivity index is 2.73. The van der Waals surface area contributed by atoms with Crippen LogP contribution in [0.1, 0.15) is 58.2 Å². The minimum Gasteiger partial charge on any atom is -0.233 e. The van der Waals surface area contributed by atoms with Gasteiger partial charge in [-0.15, -0.1) is 0 Å². The van der Waals surface area contributed by atoms with E-state index in [1.807, 2.05) is 12.0 Å². The van der Waals surface area contributed by atoms with Crippen LogP contribution in [-0.2, 0) is 15.6 Å². The molecule has 0 aromatic heterocycles. The van der Waals surface area contributed by atoms with Crippen LogP contribution in [0.2, 0.25) is 0 Å². The van der Waals surface area contributed by atoms with Crippen molar-refractivity contribution < 1.29 is 4.79 Å². The van der Waals surface area contributed by atoms with Gasteiger partial charge in [0.2, 0.25) is 0 Å². The van der Waals surface area contributed by atoms with Crippen molar-refractivity contribution in [3.05, 3.63) is 34.9 Å². The normalized spacial score (nSPS) is 28.1. The topological polar surface area (TPSA) is 17.1 Å². The third-order valence-corrected chi connectivity index (χ3v) is 5.73. The van der Waals surface area contributed by atoms with Crippen molar-refractivity contribution in [1.29, 1.82) is 0 Å². The summed E-state index contributed by atoms with van der Waals surface area (Å²) in [7, 11) is 0. The van der Waals surface area contributed by atoms with Gasteiger partial charge in [-0.1, -0.05) is 59.7 Å². The molecule has 0 N–H and O–H groups in total. The van der Waals surface area contributed by atoms with Crippen LogP contribution in [0.25, 0.3) is 6.08 Å². The average Bonchev–Trinajstić information content (AvgIpc) is 2.50. The molecular weight excluding hydrogens is 232 g/mol. The molecule has 2 rings (SSSR count). The maximum Gasteiger partial charge on any atom is 0.125 e. The van der Waals surface area contributed by atoms with Gasteiger partial charge in [0.15, 0.2) is 0 Å². The van der Waals surface area contributed by atoms with Crippen molar-refractivity contribution >= 4 is 12.0 Å². The van der Waals surface area contributed by atoms with Gasteiger partial charge in [-0.2, -0.15) is 0 Å². The summed E-state index contributed by atoms with van der Waals surface area (Å²) in [6, 6.07) is 6.42. The summed E-state index contributed by atoms with van der Waals surface area (Å²) >= 11 is 0. The summed E-state index contributed by atoms with van der Waals surface area (Å²) in [5.74, 6) is 3.03. The predicted octanol–water partition coefficient (Wildman–Crippen LogP) is 4.37. The molecule has 102 valence electrons. The molecule has 1 aliphatic carbocycles. The number of hydrogen-bond acceptors (Lipinski definition) is 1. The highest BCUT2D eigenvalue weighted by atomic mass is 16.1. The van der Waals surface area contributed by atoms with Gasteiger partial charge in [0.25, 0.3) is 0 Å². The first-order valence-corrected chi connectivity index (χ1v) is 7.12. The number of hydrogen-bond donors (Lipinski definition) is 0. The molecule has 1 aromatic carbocycles. The fourth-order valence-corrected chi connectivity index (χ4v) is 3.75. The van der Waals surface area contributed by atoms with Crippen LogP contribution in [0.4, 0.5) is 0 Å². The number of benzene rings is 1. The molecule has 2 atom stereocenters. The van der Waals surface area contributed by atoms with Crippen molar-refractivity contribution in [1.82, 2.24) is 0 Å². The number of fused-ring (bicyclic) bond motifs is 1. The number of carbonyl (C=O) groups excluding carboxylic acids is 1. The van der Waals surface area contributed by atoms with E-state index in [-0.39, 0.29) is 10.8 Å². The lowest BCUT2D eigenvalue weighted by Gasteiger charge is -2.39. The van der Waals surface area contributed by atoms with Crippen molar-refractivity contribution in [2.75, 3.05) is 0 Å². The SMILES string of the molecule is CC(C)C1(C)c2cc(C=C=O)ccc2C(C)(C)C1C. The van der Waals surface area contributed by atoms with Crippen LogP contribution in [0.3, 0.4) is 0 Å². The predicted molar refractivity (Wildman–Crippen MR) is 81.0 cm³/mol. The van der Waals surface area contributed by atoms with Crippen molar-refractivity contribution in [2.24, 2.45) is 11.8 Å². The molecule has 0 spiro atoms. The summed E-state index contributed by atoms with van der Waals surface area (Å²) < 4.78 is 0. The molecule has 1 aromatic rings. The molecule has 0 saturated heterocycles. The largest absolute Gasteiger partial charge is 0.233 e. The van der Waals surface area contributed by atoms with Crippen LogP contribution < -0.4 is 0 Å². The Morgan fingerprint density at radius 3 is 2.37 bits per heavy atom. The van der Waals surface area contributed by atoms with Gasteiger partial charge in [-0.05, 0) is 39.4 Å². The summed E-state index contributed by atoms with van der Waals surface area (Å²) in [5, 5.41) is 0. The maximum absolute atomic E-state index is 10.6. The Labute approximate surface area is 116 Å². The molecular formula is C18H24O. The van der Waals surface area contributed by atoms with Gasteiger partial charge in [-0.3, -0.25) is 0 Å². The fourth-order valence-electron chi connectivity index (χ4n) is 3.75. The molecule has 2 unspecified atom stereocenters. The Hall–Kier alpha value is -1.33. The van der Waals surface area contributed by atoms with E-state index < -0.39 is 0 Å². The van der Waals surface area contributed by atoms with Crippen LogP contribution in [0.5, 0.6) is 0 Å². The molecule has 0 saturated carbocycles. The minimum absolute atomic E-state index is 0.158. The van der Waals surface area contributed by atoms with Crippen LogP contribution in [0.15, 0.2) is 18.2 Å². The monoisotopic (exact) mass is 256 g/mol. The molecule has 0 heterocycles.